The highest BCUT2D eigenvalue weighted by atomic mass is 28.1. The highest BCUT2D eigenvalue weighted by Gasteiger charge is 2.35. The fourth-order valence-corrected chi connectivity index (χ4v) is 3.20. The number of benzene rings is 1. The predicted octanol–water partition coefficient (Wildman–Crippen LogP) is 4.61. The SMILES string of the molecule is CCCc1cc(O)c2c(c1)OC(C)(C(C=C=[Si])CC=C(C)C)C=C2. The van der Waals surface area contributed by atoms with Gasteiger partial charge in [0, 0.05) is 5.92 Å². The number of phenols is 1. The molecule has 2 rings (SSSR count). The van der Waals surface area contributed by atoms with Gasteiger partial charge in [0.05, 0.1) is 5.56 Å². The molecule has 126 valence electrons. The van der Waals surface area contributed by atoms with Gasteiger partial charge in [0.1, 0.15) is 27.0 Å². The van der Waals surface area contributed by atoms with E-state index in [2.05, 4.69) is 55.0 Å². The van der Waals surface area contributed by atoms with Crippen LogP contribution in [0.2, 0.25) is 0 Å². The molecule has 0 fully saturated rings. The molecule has 2 atom stereocenters. The van der Waals surface area contributed by atoms with Gasteiger partial charge < -0.3 is 9.84 Å². The summed E-state index contributed by atoms with van der Waals surface area (Å²) < 4.78 is 6.37. The smallest absolute Gasteiger partial charge is 0.132 e. The van der Waals surface area contributed by atoms with E-state index in [0.717, 1.165) is 36.1 Å². The lowest BCUT2D eigenvalue weighted by Crippen LogP contribution is -2.39. The topological polar surface area (TPSA) is 29.5 Å². The van der Waals surface area contributed by atoms with E-state index in [0.29, 0.717) is 0 Å². The van der Waals surface area contributed by atoms with Crippen LogP contribution in [0.4, 0.5) is 0 Å². The number of ether oxygens (including phenoxy) is 1. The number of aromatic hydroxyl groups is 1. The molecule has 0 aliphatic carbocycles. The Morgan fingerprint density at radius 2 is 2.17 bits per heavy atom. The highest BCUT2D eigenvalue weighted by molar-refractivity contribution is 6.24. The summed E-state index contributed by atoms with van der Waals surface area (Å²) in [6.45, 7) is 8.41. The Kier molecular flexibility index (Phi) is 6.03. The summed E-state index contributed by atoms with van der Waals surface area (Å²) in [5.41, 5.74) is 2.68. The third-order valence-corrected chi connectivity index (χ3v) is 4.60. The molecule has 2 radical (unpaired) electrons. The molecule has 1 aliphatic heterocycles. The van der Waals surface area contributed by atoms with E-state index in [-0.39, 0.29) is 11.7 Å². The van der Waals surface area contributed by atoms with Crippen LogP contribution < -0.4 is 4.74 Å². The van der Waals surface area contributed by atoms with Crippen molar-refractivity contribution in [2.24, 2.45) is 5.92 Å². The Bertz CT molecular complexity index is 707. The van der Waals surface area contributed by atoms with Crippen molar-refractivity contribution in [3.05, 3.63) is 47.1 Å². The number of hydrogen-bond donors (Lipinski definition) is 1. The van der Waals surface area contributed by atoms with E-state index < -0.39 is 5.60 Å². The summed E-state index contributed by atoms with van der Waals surface area (Å²) in [7, 11) is 3.33. The quantitative estimate of drug-likeness (QED) is 0.606. The molecule has 3 heteroatoms. The molecule has 0 amide bonds. The van der Waals surface area contributed by atoms with Gasteiger partial charge in [-0.1, -0.05) is 25.0 Å². The number of fused-ring (bicyclic) bond motifs is 1. The molecular weight excluding hydrogens is 312 g/mol. The number of hydrogen-bond acceptors (Lipinski definition) is 2. The highest BCUT2D eigenvalue weighted by Crippen LogP contribution is 2.41. The zero-order valence-electron chi connectivity index (χ0n) is 15.0. The first-order chi connectivity index (χ1) is 11.4. The van der Waals surface area contributed by atoms with Crippen LogP contribution in [0.1, 0.15) is 51.7 Å². The van der Waals surface area contributed by atoms with Crippen LogP contribution in [-0.2, 0) is 6.42 Å². The zero-order chi connectivity index (χ0) is 17.7. The lowest BCUT2D eigenvalue weighted by Gasteiger charge is -2.37. The first-order valence-corrected chi connectivity index (χ1v) is 9.02. The average Bonchev–Trinajstić information content (AvgIpc) is 2.51. The van der Waals surface area contributed by atoms with Crippen LogP contribution >= 0.6 is 0 Å². The van der Waals surface area contributed by atoms with Gasteiger partial charge in [0.25, 0.3) is 0 Å². The van der Waals surface area contributed by atoms with Crippen molar-refractivity contribution in [1.29, 1.82) is 0 Å². The van der Waals surface area contributed by atoms with Gasteiger partial charge in [-0.05, 0) is 69.5 Å². The van der Waals surface area contributed by atoms with Crippen molar-refractivity contribution in [1.82, 2.24) is 0 Å². The molecule has 1 N–H and O–H groups in total. The Labute approximate surface area is 148 Å². The van der Waals surface area contributed by atoms with E-state index >= 15 is 0 Å². The average molecular weight is 339 g/mol. The number of rotatable bonds is 6. The van der Waals surface area contributed by atoms with E-state index in [1.165, 1.54) is 5.57 Å². The van der Waals surface area contributed by atoms with Gasteiger partial charge in [-0.25, -0.2) is 0 Å². The molecule has 0 saturated heterocycles. The number of phenolic OH excluding ortho intramolecular Hbond substituents is 1. The molecule has 2 unspecified atom stereocenters. The normalized spacial score (nSPS) is 19.7. The first-order valence-electron chi connectivity index (χ1n) is 8.52. The second kappa shape index (κ2) is 7.83. The monoisotopic (exact) mass is 338 g/mol. The summed E-state index contributed by atoms with van der Waals surface area (Å²) >= 11 is 0. The summed E-state index contributed by atoms with van der Waals surface area (Å²) in [5, 5.41) is 13.3. The van der Waals surface area contributed by atoms with Crippen molar-refractivity contribution in [2.45, 2.75) is 52.6 Å². The lowest BCUT2D eigenvalue weighted by atomic mass is 9.83. The Balaban J connectivity index is 2.38. The maximum Gasteiger partial charge on any atom is 0.132 e. The minimum atomic E-state index is -0.476. The fourth-order valence-electron chi connectivity index (χ4n) is 3.00. The van der Waals surface area contributed by atoms with Gasteiger partial charge >= 0.3 is 0 Å². The van der Waals surface area contributed by atoms with E-state index in [1.54, 1.807) is 0 Å². The Morgan fingerprint density at radius 3 is 2.79 bits per heavy atom. The van der Waals surface area contributed by atoms with Crippen LogP contribution in [0.25, 0.3) is 6.08 Å². The molecule has 0 bridgehead atoms. The third kappa shape index (κ3) is 4.17. The van der Waals surface area contributed by atoms with E-state index in [4.69, 9.17) is 4.74 Å². The molecular formula is C21H26O2Si. The van der Waals surface area contributed by atoms with Crippen molar-refractivity contribution in [2.75, 3.05) is 0 Å². The summed E-state index contributed by atoms with van der Waals surface area (Å²) in [6, 6.07) is 3.89. The van der Waals surface area contributed by atoms with E-state index in [9.17, 15) is 5.11 Å². The molecule has 1 heterocycles. The molecule has 1 aromatic carbocycles. The van der Waals surface area contributed by atoms with Gasteiger partial charge in [0.2, 0.25) is 0 Å². The van der Waals surface area contributed by atoms with Crippen LogP contribution in [0.15, 0.2) is 35.9 Å². The molecule has 1 aromatic rings. The third-order valence-electron chi connectivity index (χ3n) is 4.43. The minimum Gasteiger partial charge on any atom is -0.507 e. The summed E-state index contributed by atoms with van der Waals surface area (Å²) in [4.78, 5) is 0. The van der Waals surface area contributed by atoms with Gasteiger partial charge in [-0.2, -0.15) is 5.33 Å². The van der Waals surface area contributed by atoms with E-state index in [1.807, 2.05) is 24.3 Å². The van der Waals surface area contributed by atoms with Crippen molar-refractivity contribution in [3.8, 4) is 11.5 Å². The maximum absolute atomic E-state index is 10.3. The van der Waals surface area contributed by atoms with Crippen molar-refractivity contribution in [3.63, 3.8) is 0 Å². The summed E-state index contributed by atoms with van der Waals surface area (Å²) in [5.74, 6) is 1.19. The molecule has 0 aromatic heterocycles. The first kappa shape index (κ1) is 18.5. The standard InChI is InChI=1S/C21H26O2Si/c1-5-6-16-13-19(22)18-9-11-21(4,23-20(18)14-16)17(10-12-24)8-7-15(2)3/h7,9-11,13-14,17,22H,5-6,8H2,1-4H3. The number of aryl methyl sites for hydroxylation is 1. The second-order valence-corrected chi connectivity index (χ2v) is 7.12. The van der Waals surface area contributed by atoms with Gasteiger partial charge in [0.15, 0.2) is 0 Å². The molecule has 1 aliphatic rings. The maximum atomic E-state index is 10.3. The lowest BCUT2D eigenvalue weighted by molar-refractivity contribution is 0.0931. The van der Waals surface area contributed by atoms with Crippen molar-refractivity contribution < 1.29 is 9.84 Å². The molecule has 2 nitrogen and oxygen atoms in total. The van der Waals surface area contributed by atoms with Crippen LogP contribution in [-0.4, -0.2) is 25.9 Å². The Hall–Kier alpha value is -1.83. The van der Waals surface area contributed by atoms with Gasteiger partial charge in [-0.15, -0.1) is 0 Å². The Morgan fingerprint density at radius 1 is 1.42 bits per heavy atom. The second-order valence-electron chi connectivity index (χ2n) is 6.83. The zero-order valence-corrected chi connectivity index (χ0v) is 16.0. The van der Waals surface area contributed by atoms with Crippen LogP contribution in [0, 0.1) is 5.92 Å². The van der Waals surface area contributed by atoms with Gasteiger partial charge in [-0.3, -0.25) is 0 Å². The van der Waals surface area contributed by atoms with Crippen LogP contribution in [0.3, 0.4) is 0 Å². The van der Waals surface area contributed by atoms with Crippen molar-refractivity contribution >= 4 is 21.3 Å². The molecule has 0 spiro atoms. The summed E-state index contributed by atoms with van der Waals surface area (Å²) in [6.07, 6.45) is 11.1. The molecule has 24 heavy (non-hydrogen) atoms. The molecule has 0 saturated carbocycles. The largest absolute Gasteiger partial charge is 0.507 e. The van der Waals surface area contributed by atoms with Crippen LogP contribution in [0.5, 0.6) is 11.5 Å². The predicted molar refractivity (Wildman–Crippen MR) is 103 cm³/mol. The fraction of sp³-hybridized carbons (Fsp3) is 0.429. The minimum absolute atomic E-state index is 0.145. The number of allylic oxidation sites excluding steroid dienone is 2.